The highest BCUT2D eigenvalue weighted by Crippen LogP contribution is 2.23. The first kappa shape index (κ1) is 15.5. The third-order valence-corrected chi connectivity index (χ3v) is 1.49. The lowest BCUT2D eigenvalue weighted by atomic mass is 10.3. The number of nitro groups is 1. The molecular weight excluding hydrogens is 233 g/mol. The molecule has 1 aromatic rings. The van der Waals surface area contributed by atoms with E-state index in [1.54, 1.807) is 0 Å². The van der Waals surface area contributed by atoms with Gasteiger partial charge in [0, 0.05) is 22.2 Å². The van der Waals surface area contributed by atoms with Crippen LogP contribution < -0.4 is 11.7 Å². The fourth-order valence-corrected chi connectivity index (χ4v) is 1.16. The Kier molecular flexibility index (Phi) is 8.31. The van der Waals surface area contributed by atoms with Crippen LogP contribution in [0.15, 0.2) is 18.2 Å². The zero-order valence-corrected chi connectivity index (χ0v) is 8.42. The number of benzene rings is 1. The van der Waals surface area contributed by atoms with E-state index in [1.807, 2.05) is 0 Å². The maximum absolute atomic E-state index is 10.2. The summed E-state index contributed by atoms with van der Waals surface area (Å²) in [5.41, 5.74) is -0.0949. The maximum atomic E-state index is 10.2. The van der Waals surface area contributed by atoms with Gasteiger partial charge in [-0.05, 0) is 6.07 Å². The average Bonchev–Trinajstić information content (AvgIpc) is 2.06. The minimum Gasteiger partial charge on any atom is -0.412 e. The van der Waals surface area contributed by atoms with Crippen molar-refractivity contribution in [3.05, 3.63) is 38.4 Å². The van der Waals surface area contributed by atoms with Crippen LogP contribution in [-0.4, -0.2) is 10.4 Å². The minimum atomic E-state index is -0.544. The standard InChI is InChI=1S/C6H3Cl2NO2.H4N2.H2O/c7-4-1-5(8)3-6(2-4)9(10)11;1-2;/h1-3H;1-2H2;1H2. The highest BCUT2D eigenvalue weighted by molar-refractivity contribution is 6.34. The molecule has 0 saturated carbocycles. The van der Waals surface area contributed by atoms with Crippen molar-refractivity contribution in [2.45, 2.75) is 0 Å². The van der Waals surface area contributed by atoms with Crippen LogP contribution in [0.2, 0.25) is 10.0 Å². The van der Waals surface area contributed by atoms with Gasteiger partial charge in [0.05, 0.1) is 4.92 Å². The normalized spacial score (nSPS) is 8.00. The van der Waals surface area contributed by atoms with E-state index >= 15 is 0 Å². The fraction of sp³-hybridized carbons (Fsp3) is 0. The molecule has 0 fully saturated rings. The summed E-state index contributed by atoms with van der Waals surface area (Å²) in [7, 11) is 0. The molecule has 6 N–H and O–H groups in total. The summed E-state index contributed by atoms with van der Waals surface area (Å²) < 4.78 is 0. The van der Waals surface area contributed by atoms with Gasteiger partial charge in [-0.15, -0.1) is 0 Å². The van der Waals surface area contributed by atoms with Crippen molar-refractivity contribution in [2.75, 3.05) is 0 Å². The van der Waals surface area contributed by atoms with E-state index in [1.165, 1.54) is 18.2 Å². The summed E-state index contributed by atoms with van der Waals surface area (Å²) in [5.74, 6) is 8.00. The zero-order chi connectivity index (χ0) is 10.4. The summed E-state index contributed by atoms with van der Waals surface area (Å²) in [4.78, 5) is 9.65. The van der Waals surface area contributed by atoms with Gasteiger partial charge in [-0.2, -0.15) is 0 Å². The molecule has 0 spiro atoms. The summed E-state index contributed by atoms with van der Waals surface area (Å²) in [6.45, 7) is 0. The van der Waals surface area contributed by atoms with Gasteiger partial charge in [0.1, 0.15) is 0 Å². The molecule has 0 aliphatic heterocycles. The lowest BCUT2D eigenvalue weighted by Gasteiger charge is -1.92. The van der Waals surface area contributed by atoms with Crippen LogP contribution in [0.1, 0.15) is 0 Å². The van der Waals surface area contributed by atoms with Crippen LogP contribution in [0.4, 0.5) is 5.69 Å². The van der Waals surface area contributed by atoms with Crippen LogP contribution in [-0.2, 0) is 0 Å². The zero-order valence-electron chi connectivity index (χ0n) is 6.91. The third-order valence-electron chi connectivity index (χ3n) is 1.06. The predicted molar refractivity (Wildman–Crippen MR) is 55.1 cm³/mol. The number of nitrogens with two attached hydrogens (primary N) is 2. The fourth-order valence-electron chi connectivity index (χ4n) is 0.645. The molecule has 0 atom stereocenters. The van der Waals surface area contributed by atoms with Crippen LogP contribution in [0.25, 0.3) is 0 Å². The molecule has 1 rings (SSSR count). The molecule has 0 unspecified atom stereocenters. The Balaban J connectivity index is 0. The Hall–Kier alpha value is -0.920. The molecule has 80 valence electrons. The maximum Gasteiger partial charge on any atom is 0.272 e. The summed E-state index contributed by atoms with van der Waals surface area (Å²) in [6.07, 6.45) is 0. The molecular formula is C6H9Cl2N3O3. The number of halogens is 2. The highest BCUT2D eigenvalue weighted by atomic mass is 35.5. The van der Waals surface area contributed by atoms with E-state index in [0.29, 0.717) is 0 Å². The SMILES string of the molecule is NN.O.O=[N+]([O-])c1cc(Cl)cc(Cl)c1. The molecule has 0 aliphatic carbocycles. The highest BCUT2D eigenvalue weighted by Gasteiger charge is 2.06. The monoisotopic (exact) mass is 241 g/mol. The molecule has 0 amide bonds. The van der Waals surface area contributed by atoms with Crippen molar-refractivity contribution in [2.24, 2.45) is 11.7 Å². The van der Waals surface area contributed by atoms with Gasteiger partial charge < -0.3 is 5.48 Å². The van der Waals surface area contributed by atoms with Crippen LogP contribution in [0, 0.1) is 10.1 Å². The van der Waals surface area contributed by atoms with Gasteiger partial charge in [-0.25, -0.2) is 0 Å². The number of nitrogens with zero attached hydrogens (tertiary/aromatic N) is 1. The average molecular weight is 242 g/mol. The second-order valence-electron chi connectivity index (χ2n) is 1.88. The molecule has 14 heavy (non-hydrogen) atoms. The summed E-state index contributed by atoms with van der Waals surface area (Å²) >= 11 is 11.0. The molecule has 0 heterocycles. The second-order valence-corrected chi connectivity index (χ2v) is 2.76. The van der Waals surface area contributed by atoms with Crippen molar-refractivity contribution in [3.8, 4) is 0 Å². The van der Waals surface area contributed by atoms with Gasteiger partial charge in [-0.3, -0.25) is 21.8 Å². The number of rotatable bonds is 1. The first-order valence-electron chi connectivity index (χ1n) is 3.03. The molecule has 0 aromatic heterocycles. The van der Waals surface area contributed by atoms with E-state index in [0.717, 1.165) is 0 Å². The van der Waals surface area contributed by atoms with Gasteiger partial charge in [0.2, 0.25) is 0 Å². The second kappa shape index (κ2) is 7.48. The minimum absolute atomic E-state index is 0. The molecule has 1 aromatic carbocycles. The quantitative estimate of drug-likeness (QED) is 0.430. The first-order chi connectivity index (χ1) is 6.09. The summed E-state index contributed by atoms with van der Waals surface area (Å²) in [5, 5.41) is 10.7. The van der Waals surface area contributed by atoms with Crippen molar-refractivity contribution < 1.29 is 10.4 Å². The molecule has 0 radical (unpaired) electrons. The number of hydrazine groups is 1. The molecule has 6 nitrogen and oxygen atoms in total. The first-order valence-corrected chi connectivity index (χ1v) is 3.79. The molecule has 8 heteroatoms. The number of hydrogen-bond donors (Lipinski definition) is 2. The summed E-state index contributed by atoms with van der Waals surface area (Å²) in [6, 6.07) is 3.93. The van der Waals surface area contributed by atoms with Crippen LogP contribution in [0.3, 0.4) is 0 Å². The topological polar surface area (TPSA) is 127 Å². The van der Waals surface area contributed by atoms with Crippen molar-refractivity contribution in [1.82, 2.24) is 0 Å². The Morgan fingerprint density at radius 2 is 1.50 bits per heavy atom. The number of nitro benzene ring substituents is 1. The van der Waals surface area contributed by atoms with Gasteiger partial charge in [0.25, 0.3) is 5.69 Å². The molecule has 0 aliphatic rings. The number of hydrogen-bond acceptors (Lipinski definition) is 4. The van der Waals surface area contributed by atoms with Crippen LogP contribution >= 0.6 is 23.2 Å². The Morgan fingerprint density at radius 1 is 1.14 bits per heavy atom. The largest absolute Gasteiger partial charge is 0.412 e. The lowest BCUT2D eigenvalue weighted by Crippen LogP contribution is -2.02. The van der Waals surface area contributed by atoms with Crippen molar-refractivity contribution >= 4 is 28.9 Å². The Morgan fingerprint density at radius 3 is 1.79 bits per heavy atom. The Labute approximate surface area is 89.8 Å². The van der Waals surface area contributed by atoms with E-state index in [-0.39, 0.29) is 21.2 Å². The van der Waals surface area contributed by atoms with E-state index in [2.05, 4.69) is 11.7 Å². The number of non-ortho nitro benzene ring substituents is 1. The molecule has 0 saturated heterocycles. The van der Waals surface area contributed by atoms with Crippen LogP contribution in [0.5, 0.6) is 0 Å². The van der Waals surface area contributed by atoms with Gasteiger partial charge in [-0.1, -0.05) is 23.2 Å². The smallest absolute Gasteiger partial charge is 0.272 e. The third kappa shape index (κ3) is 4.95. The van der Waals surface area contributed by atoms with E-state index < -0.39 is 4.92 Å². The van der Waals surface area contributed by atoms with E-state index in [4.69, 9.17) is 23.2 Å². The molecule has 0 bridgehead atoms. The Bertz CT molecular complexity index is 288. The van der Waals surface area contributed by atoms with Crippen molar-refractivity contribution in [3.63, 3.8) is 0 Å². The lowest BCUT2D eigenvalue weighted by molar-refractivity contribution is -0.384. The van der Waals surface area contributed by atoms with Gasteiger partial charge in [0.15, 0.2) is 0 Å². The predicted octanol–water partition coefficient (Wildman–Crippen LogP) is 0.896. The van der Waals surface area contributed by atoms with Gasteiger partial charge >= 0.3 is 0 Å². The van der Waals surface area contributed by atoms with E-state index in [9.17, 15) is 10.1 Å². The van der Waals surface area contributed by atoms with Crippen molar-refractivity contribution in [1.29, 1.82) is 0 Å².